The highest BCUT2D eigenvalue weighted by Gasteiger charge is 2.34. The SMILES string of the molecule is CC(=O)C(CC(C(=O)O)C(=O)O)C(=O)O. The largest absolute Gasteiger partial charge is 0.481 e. The minimum Gasteiger partial charge on any atom is -0.481 e. The predicted molar refractivity (Wildman–Crippen MR) is 45.2 cm³/mol. The number of carbonyl (C=O) groups is 4. The molecule has 15 heavy (non-hydrogen) atoms. The Morgan fingerprint density at radius 2 is 1.20 bits per heavy atom. The van der Waals surface area contributed by atoms with Crippen LogP contribution in [0, 0.1) is 11.8 Å². The van der Waals surface area contributed by atoms with E-state index in [1.54, 1.807) is 0 Å². The van der Waals surface area contributed by atoms with Crippen molar-refractivity contribution in [3.8, 4) is 0 Å². The predicted octanol–water partition coefficient (Wildman–Crippen LogP) is -0.548. The first kappa shape index (κ1) is 13.1. The monoisotopic (exact) mass is 218 g/mol. The normalized spacial score (nSPS) is 12.1. The molecular formula is C8H10O7. The van der Waals surface area contributed by atoms with Crippen LogP contribution in [0.4, 0.5) is 0 Å². The molecule has 0 rings (SSSR count). The molecule has 0 fully saturated rings. The fraction of sp³-hybridized carbons (Fsp3) is 0.500. The fourth-order valence-corrected chi connectivity index (χ4v) is 0.984. The molecule has 3 N–H and O–H groups in total. The number of hydrogen-bond acceptors (Lipinski definition) is 4. The highest BCUT2D eigenvalue weighted by atomic mass is 16.4. The van der Waals surface area contributed by atoms with Gasteiger partial charge >= 0.3 is 17.9 Å². The number of rotatable bonds is 6. The lowest BCUT2D eigenvalue weighted by Gasteiger charge is -2.11. The number of carbonyl (C=O) groups excluding carboxylic acids is 1. The van der Waals surface area contributed by atoms with Crippen LogP contribution in [0.25, 0.3) is 0 Å². The zero-order valence-corrected chi connectivity index (χ0v) is 7.84. The summed E-state index contributed by atoms with van der Waals surface area (Å²) in [6.45, 7) is 0.972. The first-order valence-corrected chi connectivity index (χ1v) is 3.96. The smallest absolute Gasteiger partial charge is 0.317 e. The van der Waals surface area contributed by atoms with Gasteiger partial charge in [0.1, 0.15) is 11.7 Å². The second kappa shape index (κ2) is 5.08. The van der Waals surface area contributed by atoms with E-state index in [1.807, 2.05) is 0 Å². The maximum atomic E-state index is 10.8. The van der Waals surface area contributed by atoms with Crippen molar-refractivity contribution >= 4 is 23.7 Å². The number of Topliss-reactive ketones (excluding diaryl/α,β-unsaturated/α-hetero) is 1. The van der Waals surface area contributed by atoms with Gasteiger partial charge in [0.25, 0.3) is 0 Å². The molecule has 0 aromatic rings. The third-order valence-electron chi connectivity index (χ3n) is 1.86. The van der Waals surface area contributed by atoms with Crippen LogP contribution in [0.5, 0.6) is 0 Å². The molecule has 0 amide bonds. The topological polar surface area (TPSA) is 129 Å². The number of carboxylic acids is 3. The molecule has 1 unspecified atom stereocenters. The van der Waals surface area contributed by atoms with Gasteiger partial charge in [-0.1, -0.05) is 0 Å². The van der Waals surface area contributed by atoms with Gasteiger partial charge in [0, 0.05) is 0 Å². The van der Waals surface area contributed by atoms with Gasteiger partial charge in [-0.05, 0) is 13.3 Å². The van der Waals surface area contributed by atoms with Gasteiger partial charge < -0.3 is 15.3 Å². The van der Waals surface area contributed by atoms with Crippen LogP contribution in [0.15, 0.2) is 0 Å². The van der Waals surface area contributed by atoms with Crippen LogP contribution in [-0.2, 0) is 19.2 Å². The molecule has 0 bridgehead atoms. The number of carboxylic acid groups (broad SMARTS) is 3. The third-order valence-corrected chi connectivity index (χ3v) is 1.86. The highest BCUT2D eigenvalue weighted by molar-refractivity contribution is 5.99. The zero-order valence-electron chi connectivity index (χ0n) is 7.84. The van der Waals surface area contributed by atoms with Crippen molar-refractivity contribution in [2.45, 2.75) is 13.3 Å². The molecule has 0 aromatic carbocycles. The Morgan fingerprint density at radius 1 is 0.867 bits per heavy atom. The summed E-state index contributed by atoms with van der Waals surface area (Å²) in [6, 6.07) is 0. The van der Waals surface area contributed by atoms with Crippen molar-refractivity contribution in [3.05, 3.63) is 0 Å². The van der Waals surface area contributed by atoms with E-state index in [2.05, 4.69) is 0 Å². The van der Waals surface area contributed by atoms with E-state index in [4.69, 9.17) is 15.3 Å². The van der Waals surface area contributed by atoms with Gasteiger partial charge in [-0.25, -0.2) is 0 Å². The van der Waals surface area contributed by atoms with Gasteiger partial charge in [-0.2, -0.15) is 0 Å². The van der Waals surface area contributed by atoms with Crippen molar-refractivity contribution in [2.75, 3.05) is 0 Å². The maximum Gasteiger partial charge on any atom is 0.317 e. The molecule has 0 radical (unpaired) electrons. The zero-order chi connectivity index (χ0) is 12.2. The quantitative estimate of drug-likeness (QED) is 0.510. The Bertz CT molecular complexity index is 248. The molecule has 0 heterocycles. The lowest BCUT2D eigenvalue weighted by Crippen LogP contribution is -2.31. The number of ketones is 1. The van der Waals surface area contributed by atoms with Crippen molar-refractivity contribution < 1.29 is 34.5 Å². The van der Waals surface area contributed by atoms with Crippen molar-refractivity contribution in [1.29, 1.82) is 0 Å². The second-order valence-electron chi connectivity index (χ2n) is 2.97. The lowest BCUT2D eigenvalue weighted by atomic mass is 9.92. The average Bonchev–Trinajstić information content (AvgIpc) is 2.01. The van der Waals surface area contributed by atoms with Gasteiger partial charge in [-0.3, -0.25) is 19.2 Å². The molecule has 0 spiro atoms. The number of aliphatic carboxylic acids is 3. The molecule has 7 heteroatoms. The summed E-state index contributed by atoms with van der Waals surface area (Å²) in [5.74, 6) is -9.08. The second-order valence-corrected chi connectivity index (χ2v) is 2.97. The van der Waals surface area contributed by atoms with Gasteiger partial charge in [0.2, 0.25) is 0 Å². The molecule has 0 aliphatic rings. The van der Waals surface area contributed by atoms with E-state index >= 15 is 0 Å². The molecule has 0 aromatic heterocycles. The number of hydrogen-bond donors (Lipinski definition) is 3. The van der Waals surface area contributed by atoms with Crippen LogP contribution < -0.4 is 0 Å². The van der Waals surface area contributed by atoms with Crippen LogP contribution in [0.3, 0.4) is 0 Å². The Kier molecular flexibility index (Phi) is 4.43. The van der Waals surface area contributed by atoms with Crippen molar-refractivity contribution in [3.63, 3.8) is 0 Å². The molecule has 0 aliphatic heterocycles. The first-order chi connectivity index (χ1) is 6.77. The molecule has 0 saturated heterocycles. The highest BCUT2D eigenvalue weighted by Crippen LogP contribution is 2.15. The summed E-state index contributed by atoms with van der Waals surface area (Å²) in [7, 11) is 0. The van der Waals surface area contributed by atoms with Crippen LogP contribution >= 0.6 is 0 Å². The molecule has 1 atom stereocenters. The summed E-state index contributed by atoms with van der Waals surface area (Å²) in [4.78, 5) is 42.2. The standard InChI is InChI=1S/C8H10O7/c1-3(9)4(6(10)11)2-5(7(12)13)8(14)15/h4-5H,2H2,1H3,(H,10,11)(H,12,13)(H,14,15). The first-order valence-electron chi connectivity index (χ1n) is 3.96. The Hall–Kier alpha value is -1.92. The fourth-order valence-electron chi connectivity index (χ4n) is 0.984. The van der Waals surface area contributed by atoms with Gasteiger partial charge in [0.15, 0.2) is 5.92 Å². The molecule has 0 aliphatic carbocycles. The summed E-state index contributed by atoms with van der Waals surface area (Å²) in [5, 5.41) is 25.5. The Balaban J connectivity index is 4.77. The molecule has 84 valence electrons. The van der Waals surface area contributed by atoms with E-state index in [0.29, 0.717) is 0 Å². The van der Waals surface area contributed by atoms with Crippen LogP contribution in [0.1, 0.15) is 13.3 Å². The Labute approximate surface area is 84.3 Å². The van der Waals surface area contributed by atoms with Crippen molar-refractivity contribution in [1.82, 2.24) is 0 Å². The van der Waals surface area contributed by atoms with E-state index in [0.717, 1.165) is 6.92 Å². The summed E-state index contributed by atoms with van der Waals surface area (Å²) >= 11 is 0. The van der Waals surface area contributed by atoms with E-state index < -0.39 is 41.9 Å². The summed E-state index contributed by atoms with van der Waals surface area (Å²) in [6.07, 6.45) is -0.741. The van der Waals surface area contributed by atoms with E-state index in [1.165, 1.54) is 0 Å². The summed E-state index contributed by atoms with van der Waals surface area (Å²) in [5.41, 5.74) is 0. The molecular weight excluding hydrogens is 208 g/mol. The minimum absolute atomic E-state index is 0.741. The van der Waals surface area contributed by atoms with Crippen LogP contribution in [0.2, 0.25) is 0 Å². The third kappa shape index (κ3) is 3.75. The average molecular weight is 218 g/mol. The van der Waals surface area contributed by atoms with Crippen LogP contribution in [-0.4, -0.2) is 39.0 Å². The van der Waals surface area contributed by atoms with E-state index in [-0.39, 0.29) is 0 Å². The molecule has 7 nitrogen and oxygen atoms in total. The van der Waals surface area contributed by atoms with E-state index in [9.17, 15) is 19.2 Å². The van der Waals surface area contributed by atoms with Gasteiger partial charge in [-0.15, -0.1) is 0 Å². The minimum atomic E-state index is -1.88. The van der Waals surface area contributed by atoms with Crippen molar-refractivity contribution in [2.24, 2.45) is 11.8 Å². The Morgan fingerprint density at radius 3 is 1.40 bits per heavy atom. The lowest BCUT2D eigenvalue weighted by molar-refractivity contribution is -0.156. The maximum absolute atomic E-state index is 10.8. The molecule has 0 saturated carbocycles. The van der Waals surface area contributed by atoms with Gasteiger partial charge in [0.05, 0.1) is 0 Å². The summed E-state index contributed by atoms with van der Waals surface area (Å²) < 4.78 is 0.